The highest BCUT2D eigenvalue weighted by Gasteiger charge is 2.24. The van der Waals surface area contributed by atoms with Crippen LogP contribution in [0.25, 0.3) is 0 Å². The Balaban J connectivity index is 1.43. The highest BCUT2D eigenvalue weighted by atomic mass is 16.6. The predicted molar refractivity (Wildman–Crippen MR) is 93.0 cm³/mol. The van der Waals surface area contributed by atoms with Crippen molar-refractivity contribution in [1.29, 1.82) is 5.26 Å². The highest BCUT2D eigenvalue weighted by molar-refractivity contribution is 5.67. The zero-order valence-corrected chi connectivity index (χ0v) is 13.9. The maximum Gasteiger partial charge on any atom is 0.410 e. The molecule has 3 rings (SSSR count). The van der Waals surface area contributed by atoms with E-state index in [-0.39, 0.29) is 12.2 Å². The third-order valence-electron chi connectivity index (χ3n) is 4.19. The third-order valence-corrected chi connectivity index (χ3v) is 4.19. The van der Waals surface area contributed by atoms with Crippen molar-refractivity contribution in [1.82, 2.24) is 4.90 Å². The van der Waals surface area contributed by atoms with Crippen LogP contribution >= 0.6 is 0 Å². The van der Waals surface area contributed by atoms with Crippen LogP contribution in [-0.2, 0) is 11.3 Å². The summed E-state index contributed by atoms with van der Waals surface area (Å²) < 4.78 is 11.3. The molecule has 1 fully saturated rings. The van der Waals surface area contributed by atoms with Gasteiger partial charge in [-0.1, -0.05) is 30.3 Å². The van der Waals surface area contributed by atoms with E-state index in [1.807, 2.05) is 30.3 Å². The topological polar surface area (TPSA) is 62.6 Å². The molecule has 1 saturated heterocycles. The van der Waals surface area contributed by atoms with Crippen LogP contribution in [-0.4, -0.2) is 30.2 Å². The zero-order chi connectivity index (χ0) is 17.5. The van der Waals surface area contributed by atoms with Crippen molar-refractivity contribution in [3.63, 3.8) is 0 Å². The molecule has 0 radical (unpaired) electrons. The number of hydrogen-bond acceptors (Lipinski definition) is 4. The fourth-order valence-corrected chi connectivity index (χ4v) is 2.77. The minimum Gasteiger partial charge on any atom is -0.490 e. The molecule has 1 aliphatic rings. The van der Waals surface area contributed by atoms with Crippen LogP contribution in [0, 0.1) is 11.3 Å². The molecule has 0 aliphatic carbocycles. The summed E-state index contributed by atoms with van der Waals surface area (Å²) in [6, 6.07) is 18.8. The number of nitriles is 1. The van der Waals surface area contributed by atoms with E-state index < -0.39 is 0 Å². The molecule has 2 aromatic carbocycles. The van der Waals surface area contributed by atoms with Gasteiger partial charge in [-0.25, -0.2) is 4.79 Å². The minimum atomic E-state index is -0.277. The lowest BCUT2D eigenvalue weighted by Gasteiger charge is -2.31. The first kappa shape index (κ1) is 16.8. The first-order chi connectivity index (χ1) is 12.2. The van der Waals surface area contributed by atoms with Crippen molar-refractivity contribution in [3.05, 3.63) is 65.7 Å². The molecule has 0 bridgehead atoms. The number of nitrogens with zero attached hydrogens (tertiary/aromatic N) is 2. The highest BCUT2D eigenvalue weighted by Crippen LogP contribution is 2.20. The third kappa shape index (κ3) is 4.74. The molecule has 1 amide bonds. The number of carbonyl (C=O) groups excluding carboxylic acids is 1. The largest absolute Gasteiger partial charge is 0.490 e. The van der Waals surface area contributed by atoms with Crippen molar-refractivity contribution in [3.8, 4) is 11.8 Å². The summed E-state index contributed by atoms with van der Waals surface area (Å²) >= 11 is 0. The fourth-order valence-electron chi connectivity index (χ4n) is 2.77. The molecule has 0 saturated carbocycles. The van der Waals surface area contributed by atoms with Crippen LogP contribution in [0.3, 0.4) is 0 Å². The Labute approximate surface area is 147 Å². The summed E-state index contributed by atoms with van der Waals surface area (Å²) in [5.41, 5.74) is 1.60. The van der Waals surface area contributed by atoms with Gasteiger partial charge in [0.05, 0.1) is 11.6 Å². The van der Waals surface area contributed by atoms with E-state index in [0.29, 0.717) is 25.3 Å². The second-order valence-corrected chi connectivity index (χ2v) is 5.98. The molecule has 1 aliphatic heterocycles. The zero-order valence-electron chi connectivity index (χ0n) is 13.9. The number of rotatable bonds is 4. The van der Waals surface area contributed by atoms with Crippen molar-refractivity contribution < 1.29 is 14.3 Å². The van der Waals surface area contributed by atoms with Crippen LogP contribution < -0.4 is 4.74 Å². The van der Waals surface area contributed by atoms with Gasteiger partial charge < -0.3 is 14.4 Å². The Hall–Kier alpha value is -3.00. The lowest BCUT2D eigenvalue weighted by molar-refractivity contribution is 0.0638. The number of amides is 1. The molecule has 2 aromatic rings. The molecule has 5 heteroatoms. The number of ether oxygens (including phenoxy) is 2. The Morgan fingerprint density at radius 2 is 1.76 bits per heavy atom. The van der Waals surface area contributed by atoms with Crippen LogP contribution in [0.5, 0.6) is 5.75 Å². The van der Waals surface area contributed by atoms with Crippen molar-refractivity contribution in [2.45, 2.75) is 25.6 Å². The molecule has 0 atom stereocenters. The maximum atomic E-state index is 12.1. The van der Waals surface area contributed by atoms with E-state index in [1.54, 1.807) is 29.2 Å². The lowest BCUT2D eigenvalue weighted by atomic mass is 10.1. The van der Waals surface area contributed by atoms with Gasteiger partial charge >= 0.3 is 6.09 Å². The summed E-state index contributed by atoms with van der Waals surface area (Å²) in [7, 11) is 0. The van der Waals surface area contributed by atoms with Crippen LogP contribution in [0.2, 0.25) is 0 Å². The molecule has 25 heavy (non-hydrogen) atoms. The monoisotopic (exact) mass is 336 g/mol. The molecule has 5 nitrogen and oxygen atoms in total. The average Bonchev–Trinajstić information content (AvgIpc) is 2.68. The van der Waals surface area contributed by atoms with E-state index in [2.05, 4.69) is 6.07 Å². The molecular weight excluding hydrogens is 316 g/mol. The van der Waals surface area contributed by atoms with Gasteiger partial charge in [0.15, 0.2) is 0 Å². The Bertz CT molecular complexity index is 730. The second kappa shape index (κ2) is 8.20. The first-order valence-electron chi connectivity index (χ1n) is 8.37. The lowest BCUT2D eigenvalue weighted by Crippen LogP contribution is -2.42. The summed E-state index contributed by atoms with van der Waals surface area (Å²) in [5, 5.41) is 8.81. The molecule has 0 spiro atoms. The van der Waals surface area contributed by atoms with Gasteiger partial charge in [-0.3, -0.25) is 0 Å². The number of likely N-dealkylation sites (tertiary alicyclic amines) is 1. The Morgan fingerprint density at radius 3 is 2.40 bits per heavy atom. The summed E-state index contributed by atoms with van der Waals surface area (Å²) in [4.78, 5) is 13.9. The second-order valence-electron chi connectivity index (χ2n) is 5.98. The van der Waals surface area contributed by atoms with E-state index in [4.69, 9.17) is 14.7 Å². The van der Waals surface area contributed by atoms with Crippen molar-refractivity contribution in [2.24, 2.45) is 0 Å². The number of piperidine rings is 1. The quantitative estimate of drug-likeness (QED) is 0.853. The van der Waals surface area contributed by atoms with E-state index in [1.165, 1.54) is 0 Å². The molecule has 0 aromatic heterocycles. The van der Waals surface area contributed by atoms with Gasteiger partial charge in [-0.05, 0) is 29.8 Å². The summed E-state index contributed by atoms with van der Waals surface area (Å²) in [6.07, 6.45) is 1.33. The molecule has 0 unspecified atom stereocenters. The van der Waals surface area contributed by atoms with Crippen molar-refractivity contribution in [2.75, 3.05) is 13.1 Å². The van der Waals surface area contributed by atoms with E-state index in [9.17, 15) is 4.79 Å². The van der Waals surface area contributed by atoms with Crippen LogP contribution in [0.15, 0.2) is 54.6 Å². The number of benzene rings is 2. The van der Waals surface area contributed by atoms with Gasteiger partial charge in [0.2, 0.25) is 0 Å². The normalized spacial score (nSPS) is 14.6. The molecule has 0 N–H and O–H groups in total. The standard InChI is InChI=1S/C20H20N2O3/c21-14-16-6-8-18(9-7-16)25-19-10-12-22(13-11-19)20(23)24-15-17-4-2-1-3-5-17/h1-9,19H,10-13,15H2. The summed E-state index contributed by atoms with van der Waals surface area (Å²) in [5.74, 6) is 0.754. The average molecular weight is 336 g/mol. The predicted octanol–water partition coefficient (Wildman–Crippen LogP) is 3.74. The molecular formula is C20H20N2O3. The van der Waals surface area contributed by atoms with Crippen molar-refractivity contribution >= 4 is 6.09 Å². The van der Waals surface area contributed by atoms with Gasteiger partial charge in [-0.2, -0.15) is 5.26 Å². The first-order valence-corrected chi connectivity index (χ1v) is 8.37. The van der Waals surface area contributed by atoms with Crippen LogP contribution in [0.4, 0.5) is 4.79 Å². The fraction of sp³-hybridized carbons (Fsp3) is 0.300. The summed E-state index contributed by atoms with van der Waals surface area (Å²) in [6.45, 7) is 1.53. The van der Waals surface area contributed by atoms with E-state index in [0.717, 1.165) is 24.2 Å². The van der Waals surface area contributed by atoms with Crippen LogP contribution in [0.1, 0.15) is 24.0 Å². The van der Waals surface area contributed by atoms with Gasteiger partial charge in [-0.15, -0.1) is 0 Å². The van der Waals surface area contributed by atoms with Gasteiger partial charge in [0.1, 0.15) is 18.5 Å². The van der Waals surface area contributed by atoms with Gasteiger partial charge in [0, 0.05) is 25.9 Å². The maximum absolute atomic E-state index is 12.1. The smallest absolute Gasteiger partial charge is 0.410 e. The Morgan fingerprint density at radius 1 is 1.08 bits per heavy atom. The van der Waals surface area contributed by atoms with Gasteiger partial charge in [0.25, 0.3) is 0 Å². The SMILES string of the molecule is N#Cc1ccc(OC2CCN(C(=O)OCc3ccccc3)CC2)cc1. The molecule has 128 valence electrons. The molecule has 1 heterocycles. The Kier molecular flexibility index (Phi) is 5.53. The number of carbonyl (C=O) groups is 1. The minimum absolute atomic E-state index is 0.0751. The van der Waals surface area contributed by atoms with E-state index >= 15 is 0 Å². The number of hydrogen-bond donors (Lipinski definition) is 0.